The first-order chi connectivity index (χ1) is 7.38. The molecule has 1 rings (SSSR count). The second-order valence-electron chi connectivity index (χ2n) is 3.38. The average molecular weight is 205 g/mol. The monoisotopic (exact) mass is 205 g/mol. The molecule has 0 heterocycles. The van der Waals surface area contributed by atoms with Crippen LogP contribution in [0.1, 0.15) is 18.1 Å². The van der Waals surface area contributed by atoms with Crippen molar-refractivity contribution in [1.82, 2.24) is 5.32 Å². The van der Waals surface area contributed by atoms with Crippen LogP contribution in [0, 0.1) is 0 Å². The van der Waals surface area contributed by atoms with Crippen molar-refractivity contribution in [3.05, 3.63) is 47.5 Å². The van der Waals surface area contributed by atoms with E-state index >= 15 is 0 Å². The third-order valence-corrected chi connectivity index (χ3v) is 2.19. The molecule has 0 spiro atoms. The van der Waals surface area contributed by atoms with Crippen molar-refractivity contribution in [3.63, 3.8) is 0 Å². The highest BCUT2D eigenvalue weighted by Crippen LogP contribution is 2.09. The molecule has 82 valence electrons. The number of hydrogen-bond acceptors (Lipinski definition) is 2. The lowest BCUT2D eigenvalue weighted by atomic mass is 10.1. The minimum atomic E-state index is 0.683. The van der Waals surface area contributed by atoms with Gasteiger partial charge in [-0.25, -0.2) is 0 Å². The Labute approximate surface area is 92.0 Å². The van der Waals surface area contributed by atoms with Crippen molar-refractivity contribution in [2.75, 3.05) is 13.7 Å². The quantitative estimate of drug-likeness (QED) is 0.569. The van der Waals surface area contributed by atoms with Crippen LogP contribution in [0.15, 0.2) is 36.4 Å². The van der Waals surface area contributed by atoms with Gasteiger partial charge in [-0.3, -0.25) is 0 Å². The molecule has 15 heavy (non-hydrogen) atoms. The average Bonchev–Trinajstić information content (AvgIpc) is 2.27. The fraction of sp³-hybridized carbons (Fsp3) is 0.385. The van der Waals surface area contributed by atoms with Crippen LogP contribution in [0.5, 0.6) is 0 Å². The van der Waals surface area contributed by atoms with E-state index in [0.29, 0.717) is 13.2 Å². The highest BCUT2D eigenvalue weighted by Gasteiger charge is 1.99. The van der Waals surface area contributed by atoms with E-state index in [1.165, 1.54) is 11.1 Å². The van der Waals surface area contributed by atoms with Gasteiger partial charge in [0.15, 0.2) is 0 Å². The molecule has 0 amide bonds. The number of allylic oxidation sites excluding steroid dienone is 1. The van der Waals surface area contributed by atoms with Crippen LogP contribution >= 0.6 is 0 Å². The van der Waals surface area contributed by atoms with Crippen LogP contribution in [0.3, 0.4) is 0 Å². The number of ether oxygens (including phenoxy) is 1. The summed E-state index contributed by atoms with van der Waals surface area (Å²) in [7, 11) is 1.96. The molecule has 0 unspecified atom stereocenters. The van der Waals surface area contributed by atoms with E-state index in [1.807, 2.05) is 32.2 Å². The number of hydrogen-bond donors (Lipinski definition) is 1. The Kier molecular flexibility index (Phi) is 5.74. The fourth-order valence-corrected chi connectivity index (χ4v) is 1.39. The highest BCUT2D eigenvalue weighted by molar-refractivity contribution is 5.26. The van der Waals surface area contributed by atoms with Gasteiger partial charge < -0.3 is 10.1 Å². The summed E-state index contributed by atoms with van der Waals surface area (Å²) in [6.07, 6.45) is 4.01. The second-order valence-corrected chi connectivity index (χ2v) is 3.38. The Morgan fingerprint density at radius 2 is 2.00 bits per heavy atom. The molecule has 0 aliphatic heterocycles. The number of rotatable bonds is 6. The van der Waals surface area contributed by atoms with Gasteiger partial charge in [-0.2, -0.15) is 0 Å². The first-order valence-corrected chi connectivity index (χ1v) is 5.28. The van der Waals surface area contributed by atoms with Gasteiger partial charge in [-0.05, 0) is 25.1 Å². The lowest BCUT2D eigenvalue weighted by Gasteiger charge is -2.08. The van der Waals surface area contributed by atoms with Gasteiger partial charge in [-0.15, -0.1) is 0 Å². The zero-order valence-corrected chi connectivity index (χ0v) is 9.49. The molecule has 0 saturated carbocycles. The predicted molar refractivity (Wildman–Crippen MR) is 63.7 cm³/mol. The summed E-state index contributed by atoms with van der Waals surface area (Å²) in [4.78, 5) is 0. The molecule has 2 nitrogen and oxygen atoms in total. The first kappa shape index (κ1) is 12.0. The Balaban J connectivity index is 2.51. The van der Waals surface area contributed by atoms with Crippen LogP contribution in [0.25, 0.3) is 0 Å². The first-order valence-electron chi connectivity index (χ1n) is 5.28. The van der Waals surface area contributed by atoms with E-state index in [4.69, 9.17) is 4.74 Å². The molecule has 0 atom stereocenters. The highest BCUT2D eigenvalue weighted by atomic mass is 16.5. The summed E-state index contributed by atoms with van der Waals surface area (Å²) in [6.45, 7) is 4.26. The van der Waals surface area contributed by atoms with Gasteiger partial charge >= 0.3 is 0 Å². The molecule has 1 aromatic rings. The summed E-state index contributed by atoms with van der Waals surface area (Å²) in [5.74, 6) is 0. The standard InChI is InChI=1S/C13H19NO/c1-3-4-9-15-11-13-8-6-5-7-12(13)10-14-2/h3-8,14H,9-11H2,1-2H3. The third-order valence-electron chi connectivity index (χ3n) is 2.19. The van der Waals surface area contributed by atoms with Crippen molar-refractivity contribution in [3.8, 4) is 0 Å². The Morgan fingerprint density at radius 3 is 2.67 bits per heavy atom. The number of benzene rings is 1. The molecule has 0 radical (unpaired) electrons. The SMILES string of the molecule is CC=CCOCc1ccccc1CNC. The maximum atomic E-state index is 5.53. The molecule has 0 aliphatic rings. The minimum Gasteiger partial charge on any atom is -0.373 e. The van der Waals surface area contributed by atoms with Gasteiger partial charge in [-0.1, -0.05) is 36.4 Å². The van der Waals surface area contributed by atoms with Gasteiger partial charge in [0, 0.05) is 6.54 Å². The smallest absolute Gasteiger partial charge is 0.0724 e. The predicted octanol–water partition coefficient (Wildman–Crippen LogP) is 2.50. The summed E-state index contributed by atoms with van der Waals surface area (Å²) in [5, 5.41) is 3.16. The van der Waals surface area contributed by atoms with Crippen LogP contribution < -0.4 is 5.32 Å². The van der Waals surface area contributed by atoms with Crippen molar-refractivity contribution < 1.29 is 4.74 Å². The van der Waals surface area contributed by atoms with Crippen molar-refractivity contribution >= 4 is 0 Å². The van der Waals surface area contributed by atoms with Crippen LogP contribution in [-0.2, 0) is 17.9 Å². The second kappa shape index (κ2) is 7.21. The van der Waals surface area contributed by atoms with E-state index in [-0.39, 0.29) is 0 Å². The van der Waals surface area contributed by atoms with E-state index in [0.717, 1.165) is 6.54 Å². The number of nitrogens with one attached hydrogen (secondary N) is 1. The normalized spacial score (nSPS) is 11.1. The molecular formula is C13H19NO. The van der Waals surface area contributed by atoms with Crippen molar-refractivity contribution in [2.24, 2.45) is 0 Å². The minimum absolute atomic E-state index is 0.683. The third kappa shape index (κ3) is 4.28. The van der Waals surface area contributed by atoms with E-state index in [9.17, 15) is 0 Å². The molecule has 2 heteroatoms. The van der Waals surface area contributed by atoms with Crippen LogP contribution in [0.4, 0.5) is 0 Å². The van der Waals surface area contributed by atoms with Gasteiger partial charge in [0.25, 0.3) is 0 Å². The molecule has 0 fully saturated rings. The topological polar surface area (TPSA) is 21.3 Å². The largest absolute Gasteiger partial charge is 0.373 e. The van der Waals surface area contributed by atoms with E-state index in [2.05, 4.69) is 23.5 Å². The van der Waals surface area contributed by atoms with Crippen LogP contribution in [-0.4, -0.2) is 13.7 Å². The Morgan fingerprint density at radius 1 is 1.27 bits per heavy atom. The van der Waals surface area contributed by atoms with E-state index < -0.39 is 0 Å². The molecule has 0 aromatic heterocycles. The lowest BCUT2D eigenvalue weighted by molar-refractivity contribution is 0.148. The summed E-state index contributed by atoms with van der Waals surface area (Å²) in [5.41, 5.74) is 2.57. The van der Waals surface area contributed by atoms with Crippen molar-refractivity contribution in [2.45, 2.75) is 20.1 Å². The fourth-order valence-electron chi connectivity index (χ4n) is 1.39. The molecule has 1 N–H and O–H groups in total. The molecule has 0 aliphatic carbocycles. The van der Waals surface area contributed by atoms with Crippen LogP contribution in [0.2, 0.25) is 0 Å². The summed E-state index contributed by atoms with van der Waals surface area (Å²) < 4.78 is 5.53. The zero-order chi connectivity index (χ0) is 10.9. The summed E-state index contributed by atoms with van der Waals surface area (Å²) in [6, 6.07) is 8.35. The van der Waals surface area contributed by atoms with Gasteiger partial charge in [0.2, 0.25) is 0 Å². The van der Waals surface area contributed by atoms with Crippen molar-refractivity contribution in [1.29, 1.82) is 0 Å². The molecule has 0 bridgehead atoms. The maximum Gasteiger partial charge on any atom is 0.0724 e. The Bertz CT molecular complexity index is 307. The molecule has 0 saturated heterocycles. The lowest BCUT2D eigenvalue weighted by Crippen LogP contribution is -2.08. The maximum absolute atomic E-state index is 5.53. The Hall–Kier alpha value is -1.12. The van der Waals surface area contributed by atoms with Gasteiger partial charge in [0.1, 0.15) is 0 Å². The molecular weight excluding hydrogens is 186 g/mol. The zero-order valence-electron chi connectivity index (χ0n) is 9.49. The van der Waals surface area contributed by atoms with Gasteiger partial charge in [0.05, 0.1) is 13.2 Å². The molecule has 1 aromatic carbocycles. The van der Waals surface area contributed by atoms with E-state index in [1.54, 1.807) is 0 Å². The summed E-state index contributed by atoms with van der Waals surface area (Å²) >= 11 is 0.